The molecule has 0 radical (unpaired) electrons. The average Bonchev–Trinajstić information content (AvgIpc) is 2.18. The Kier molecular flexibility index (Phi) is 3.26. The molecule has 0 fully saturated rings. The van der Waals surface area contributed by atoms with E-state index in [0.29, 0.717) is 5.30 Å². The SMILES string of the molecule is C=C[P@](=O)(CC(=O)O)c1ccccc1. The summed E-state index contributed by atoms with van der Waals surface area (Å²) in [6, 6.07) is 8.56. The van der Waals surface area contributed by atoms with Crippen molar-refractivity contribution in [2.24, 2.45) is 0 Å². The van der Waals surface area contributed by atoms with Gasteiger partial charge in [0.25, 0.3) is 0 Å². The summed E-state index contributed by atoms with van der Waals surface area (Å²) in [5.41, 5.74) is 0. The molecule has 0 unspecified atom stereocenters. The Labute approximate surface area is 82.4 Å². The maximum Gasteiger partial charge on any atom is 0.311 e. The molecule has 0 saturated carbocycles. The van der Waals surface area contributed by atoms with Crippen LogP contribution in [0.4, 0.5) is 0 Å². The first-order valence-electron chi connectivity index (χ1n) is 4.08. The molecule has 0 amide bonds. The van der Waals surface area contributed by atoms with Crippen LogP contribution in [0.15, 0.2) is 42.7 Å². The number of aliphatic carboxylic acids is 1. The molecular weight excluding hydrogens is 199 g/mol. The molecule has 0 heterocycles. The van der Waals surface area contributed by atoms with Crippen molar-refractivity contribution in [1.82, 2.24) is 0 Å². The molecule has 1 atom stereocenters. The molecule has 1 N–H and O–H groups in total. The summed E-state index contributed by atoms with van der Waals surface area (Å²) < 4.78 is 12.1. The molecule has 74 valence electrons. The summed E-state index contributed by atoms with van der Waals surface area (Å²) >= 11 is 0. The lowest BCUT2D eigenvalue weighted by atomic mass is 10.4. The lowest BCUT2D eigenvalue weighted by Gasteiger charge is -2.10. The van der Waals surface area contributed by atoms with Gasteiger partial charge in [-0.05, 0) is 5.82 Å². The highest BCUT2D eigenvalue weighted by Gasteiger charge is 2.23. The quantitative estimate of drug-likeness (QED) is 0.772. The highest BCUT2D eigenvalue weighted by Crippen LogP contribution is 2.44. The van der Waals surface area contributed by atoms with Crippen molar-refractivity contribution in [2.45, 2.75) is 0 Å². The van der Waals surface area contributed by atoms with Gasteiger partial charge in [0.05, 0.1) is 0 Å². The molecule has 0 spiro atoms. The molecule has 14 heavy (non-hydrogen) atoms. The van der Waals surface area contributed by atoms with Gasteiger partial charge < -0.3 is 9.67 Å². The van der Waals surface area contributed by atoms with E-state index >= 15 is 0 Å². The number of carboxylic acid groups (broad SMARTS) is 1. The fourth-order valence-electron chi connectivity index (χ4n) is 1.14. The predicted molar refractivity (Wildman–Crippen MR) is 56.4 cm³/mol. The fourth-order valence-corrected chi connectivity index (χ4v) is 2.74. The van der Waals surface area contributed by atoms with Gasteiger partial charge in [-0.1, -0.05) is 36.9 Å². The van der Waals surface area contributed by atoms with Gasteiger partial charge in [0, 0.05) is 5.30 Å². The van der Waals surface area contributed by atoms with E-state index in [1.807, 2.05) is 0 Å². The zero-order chi connectivity index (χ0) is 10.6. The number of rotatable bonds is 4. The standard InChI is InChI=1S/C10H11O3P/c1-2-14(13,8-10(11)12)9-6-4-3-5-7-9/h2-7H,1,8H2,(H,11,12)/t14-/m0/s1. The molecule has 0 aliphatic heterocycles. The van der Waals surface area contributed by atoms with Crippen molar-refractivity contribution in [1.29, 1.82) is 0 Å². The Hall–Kier alpha value is -1.34. The molecule has 0 aliphatic carbocycles. The fraction of sp³-hybridized carbons (Fsp3) is 0.100. The van der Waals surface area contributed by atoms with E-state index in [1.165, 1.54) is 5.82 Å². The molecule has 1 aromatic rings. The maximum atomic E-state index is 12.1. The third kappa shape index (κ3) is 2.33. The van der Waals surface area contributed by atoms with Crippen LogP contribution in [0.3, 0.4) is 0 Å². The van der Waals surface area contributed by atoms with E-state index in [-0.39, 0.29) is 6.16 Å². The van der Waals surface area contributed by atoms with Crippen LogP contribution in [0.25, 0.3) is 0 Å². The normalized spacial score (nSPS) is 14.3. The molecule has 1 rings (SSSR count). The zero-order valence-corrected chi connectivity index (χ0v) is 8.48. The van der Waals surface area contributed by atoms with Crippen molar-refractivity contribution in [3.63, 3.8) is 0 Å². The highest BCUT2D eigenvalue weighted by molar-refractivity contribution is 7.75. The van der Waals surface area contributed by atoms with E-state index in [9.17, 15) is 9.36 Å². The van der Waals surface area contributed by atoms with Crippen LogP contribution in [-0.4, -0.2) is 17.2 Å². The van der Waals surface area contributed by atoms with E-state index in [0.717, 1.165) is 0 Å². The number of hydrogen-bond donors (Lipinski definition) is 1. The van der Waals surface area contributed by atoms with Crippen LogP contribution in [-0.2, 0) is 9.36 Å². The van der Waals surface area contributed by atoms with Gasteiger partial charge >= 0.3 is 5.97 Å². The second-order valence-electron chi connectivity index (χ2n) is 2.87. The highest BCUT2D eigenvalue weighted by atomic mass is 31.2. The molecule has 0 saturated heterocycles. The van der Waals surface area contributed by atoms with E-state index < -0.39 is 13.1 Å². The Morgan fingerprint density at radius 1 is 1.43 bits per heavy atom. The molecule has 0 aliphatic rings. The lowest BCUT2D eigenvalue weighted by molar-refractivity contribution is -0.134. The Balaban J connectivity index is 3.09. The van der Waals surface area contributed by atoms with Crippen molar-refractivity contribution in [3.05, 3.63) is 42.7 Å². The maximum absolute atomic E-state index is 12.1. The minimum Gasteiger partial charge on any atom is -0.481 e. The first-order valence-corrected chi connectivity index (χ1v) is 6.04. The van der Waals surface area contributed by atoms with Crippen LogP contribution in [0, 0.1) is 0 Å². The number of carbonyl (C=O) groups is 1. The molecule has 4 heteroatoms. The van der Waals surface area contributed by atoms with E-state index in [1.54, 1.807) is 30.3 Å². The van der Waals surface area contributed by atoms with Crippen LogP contribution >= 0.6 is 7.14 Å². The van der Waals surface area contributed by atoms with Gasteiger partial charge in [-0.15, -0.1) is 0 Å². The van der Waals surface area contributed by atoms with Gasteiger partial charge in [0.15, 0.2) is 0 Å². The first-order chi connectivity index (χ1) is 6.58. The monoisotopic (exact) mass is 210 g/mol. The smallest absolute Gasteiger partial charge is 0.311 e. The second-order valence-corrected chi connectivity index (χ2v) is 5.65. The molecule has 3 nitrogen and oxygen atoms in total. The topological polar surface area (TPSA) is 54.4 Å². The number of carboxylic acids is 1. The van der Waals surface area contributed by atoms with Gasteiger partial charge in [-0.3, -0.25) is 4.79 Å². The van der Waals surface area contributed by atoms with Crippen molar-refractivity contribution >= 4 is 18.4 Å². The van der Waals surface area contributed by atoms with E-state index in [4.69, 9.17) is 5.11 Å². The van der Waals surface area contributed by atoms with Gasteiger partial charge in [0.2, 0.25) is 0 Å². The van der Waals surface area contributed by atoms with Gasteiger partial charge in [0.1, 0.15) is 13.3 Å². The van der Waals surface area contributed by atoms with Crippen LogP contribution in [0.2, 0.25) is 0 Å². The zero-order valence-electron chi connectivity index (χ0n) is 7.59. The Morgan fingerprint density at radius 3 is 2.43 bits per heavy atom. The number of benzene rings is 1. The molecular formula is C10H11O3P. The summed E-state index contributed by atoms with van der Waals surface area (Å²) in [6.07, 6.45) is -0.374. The second kappa shape index (κ2) is 4.25. The minimum absolute atomic E-state index is 0.374. The third-order valence-corrected chi connectivity index (χ3v) is 4.36. The van der Waals surface area contributed by atoms with Crippen molar-refractivity contribution < 1.29 is 14.5 Å². The molecule has 0 aromatic heterocycles. The Bertz CT molecular complexity index is 384. The van der Waals surface area contributed by atoms with Crippen LogP contribution in [0.5, 0.6) is 0 Å². The lowest BCUT2D eigenvalue weighted by Crippen LogP contribution is -2.11. The predicted octanol–water partition coefficient (Wildman–Crippen LogP) is 1.90. The third-order valence-electron chi connectivity index (χ3n) is 1.86. The summed E-state index contributed by atoms with van der Waals surface area (Å²) in [7, 11) is -2.94. The summed E-state index contributed by atoms with van der Waals surface area (Å²) in [5, 5.41) is 9.16. The summed E-state index contributed by atoms with van der Waals surface area (Å²) in [4.78, 5) is 10.5. The van der Waals surface area contributed by atoms with Gasteiger partial charge in [-0.25, -0.2) is 0 Å². The van der Waals surface area contributed by atoms with Crippen LogP contribution < -0.4 is 5.30 Å². The van der Waals surface area contributed by atoms with Crippen LogP contribution in [0.1, 0.15) is 0 Å². The van der Waals surface area contributed by atoms with Crippen molar-refractivity contribution in [3.8, 4) is 0 Å². The van der Waals surface area contributed by atoms with E-state index in [2.05, 4.69) is 6.58 Å². The average molecular weight is 210 g/mol. The van der Waals surface area contributed by atoms with Gasteiger partial charge in [-0.2, -0.15) is 0 Å². The minimum atomic E-state index is -2.94. The summed E-state index contributed by atoms with van der Waals surface area (Å²) in [5.74, 6) is 0.174. The van der Waals surface area contributed by atoms with Crippen molar-refractivity contribution in [2.75, 3.05) is 6.16 Å². The Morgan fingerprint density at radius 2 is 2.00 bits per heavy atom. The molecule has 1 aromatic carbocycles. The number of hydrogen-bond acceptors (Lipinski definition) is 2. The summed E-state index contributed by atoms with van der Waals surface area (Å²) in [6.45, 7) is 3.44. The molecule has 0 bridgehead atoms. The largest absolute Gasteiger partial charge is 0.481 e. The first kappa shape index (κ1) is 10.7.